The number of fused-ring (bicyclic) bond motifs is 1. The van der Waals surface area contributed by atoms with Gasteiger partial charge in [-0.15, -0.1) is 15.3 Å². The molecule has 1 aliphatic rings. The Kier molecular flexibility index (Phi) is 5.15. The van der Waals surface area contributed by atoms with Gasteiger partial charge in [-0.1, -0.05) is 47.8 Å². The number of nitrogens with zero attached hydrogens (tertiary/aromatic N) is 5. The highest BCUT2D eigenvalue weighted by Gasteiger charge is 2.20. The summed E-state index contributed by atoms with van der Waals surface area (Å²) in [6.07, 6.45) is 6.00. The minimum Gasteiger partial charge on any atom is -0.352 e. The molecule has 9 heteroatoms. The molecule has 140 valence electrons. The molecule has 0 bridgehead atoms. The Labute approximate surface area is 160 Å². The van der Waals surface area contributed by atoms with Gasteiger partial charge in [0.2, 0.25) is 0 Å². The van der Waals surface area contributed by atoms with Crippen LogP contribution in [-0.4, -0.2) is 37.8 Å². The molecule has 0 radical (unpaired) electrons. The summed E-state index contributed by atoms with van der Waals surface area (Å²) in [6, 6.07) is 8.76. The molecule has 3 aromatic rings. The lowest BCUT2D eigenvalue weighted by Crippen LogP contribution is -2.31. The standard InChI is InChI=1S/C18H19ClN6O2/c19-16-10-13(17(26)20-11-12-6-2-1-3-7-12)18(23-22-16)27-25-15-9-5-4-8-14(15)21-24-25/h4-5,8-10,12H,1-3,6-7,11H2,(H,20,26). The number of amides is 1. The number of para-hydroxylation sites is 1. The Morgan fingerprint density at radius 2 is 2.00 bits per heavy atom. The van der Waals surface area contributed by atoms with Gasteiger partial charge in [-0.05, 0) is 42.2 Å². The van der Waals surface area contributed by atoms with Gasteiger partial charge in [0.05, 0.1) is 0 Å². The average molecular weight is 387 g/mol. The largest absolute Gasteiger partial charge is 0.352 e. The molecule has 8 nitrogen and oxygen atoms in total. The molecule has 1 amide bonds. The minimum absolute atomic E-state index is 0.0243. The van der Waals surface area contributed by atoms with E-state index >= 15 is 0 Å². The first-order valence-electron chi connectivity index (χ1n) is 9.01. The smallest absolute Gasteiger partial charge is 0.280 e. The van der Waals surface area contributed by atoms with Crippen molar-refractivity contribution in [3.8, 4) is 5.88 Å². The van der Waals surface area contributed by atoms with Crippen LogP contribution < -0.4 is 10.2 Å². The Morgan fingerprint density at radius 1 is 1.19 bits per heavy atom. The molecule has 0 spiro atoms. The van der Waals surface area contributed by atoms with Crippen molar-refractivity contribution in [3.05, 3.63) is 41.0 Å². The summed E-state index contributed by atoms with van der Waals surface area (Å²) in [5, 5.41) is 18.7. The van der Waals surface area contributed by atoms with E-state index in [0.717, 1.165) is 12.8 Å². The summed E-state index contributed by atoms with van der Waals surface area (Å²) in [5.74, 6) is 0.240. The third kappa shape index (κ3) is 4.00. The fourth-order valence-electron chi connectivity index (χ4n) is 3.31. The maximum atomic E-state index is 12.7. The fraction of sp³-hybridized carbons (Fsp3) is 0.389. The molecule has 1 fully saturated rings. The zero-order chi connectivity index (χ0) is 18.6. The number of hydrogen-bond acceptors (Lipinski definition) is 6. The van der Waals surface area contributed by atoms with Crippen molar-refractivity contribution in [1.29, 1.82) is 0 Å². The molecule has 1 N–H and O–H groups in total. The predicted molar refractivity (Wildman–Crippen MR) is 99.5 cm³/mol. The number of carbonyl (C=O) groups is 1. The van der Waals surface area contributed by atoms with E-state index in [1.54, 1.807) is 0 Å². The summed E-state index contributed by atoms with van der Waals surface area (Å²) in [6.45, 7) is 0.629. The summed E-state index contributed by atoms with van der Waals surface area (Å²) < 4.78 is 0. The fourth-order valence-corrected chi connectivity index (χ4v) is 3.45. The van der Waals surface area contributed by atoms with Crippen molar-refractivity contribution in [2.75, 3.05) is 6.54 Å². The van der Waals surface area contributed by atoms with Crippen LogP contribution in [-0.2, 0) is 0 Å². The summed E-state index contributed by atoms with van der Waals surface area (Å²) in [7, 11) is 0. The second kappa shape index (κ2) is 7.87. The summed E-state index contributed by atoms with van der Waals surface area (Å²) in [4.78, 5) is 19.6. The van der Waals surface area contributed by atoms with Crippen LogP contribution in [0, 0.1) is 5.92 Å². The van der Waals surface area contributed by atoms with E-state index < -0.39 is 0 Å². The lowest BCUT2D eigenvalue weighted by Gasteiger charge is -2.21. The number of rotatable bonds is 5. The second-order valence-electron chi connectivity index (χ2n) is 6.64. The lowest BCUT2D eigenvalue weighted by molar-refractivity contribution is 0.0930. The van der Waals surface area contributed by atoms with Crippen LogP contribution in [0.1, 0.15) is 42.5 Å². The van der Waals surface area contributed by atoms with E-state index in [9.17, 15) is 4.79 Å². The van der Waals surface area contributed by atoms with Crippen molar-refractivity contribution in [1.82, 2.24) is 30.7 Å². The molecule has 0 aliphatic heterocycles. The number of nitrogens with one attached hydrogen (secondary N) is 1. The molecule has 0 saturated heterocycles. The summed E-state index contributed by atoms with van der Waals surface area (Å²) >= 11 is 5.94. The number of benzene rings is 1. The van der Waals surface area contributed by atoms with E-state index in [1.165, 1.54) is 30.2 Å². The topological polar surface area (TPSA) is 94.8 Å². The molecule has 1 aliphatic carbocycles. The summed E-state index contributed by atoms with van der Waals surface area (Å²) in [5.41, 5.74) is 1.54. The van der Waals surface area contributed by atoms with Gasteiger partial charge in [0.15, 0.2) is 5.15 Å². The molecule has 1 aromatic carbocycles. The first kappa shape index (κ1) is 17.7. The predicted octanol–water partition coefficient (Wildman–Crippen LogP) is 3.03. The van der Waals surface area contributed by atoms with Crippen LogP contribution in [0.5, 0.6) is 5.88 Å². The molecule has 4 rings (SSSR count). The number of aromatic nitrogens is 5. The second-order valence-corrected chi connectivity index (χ2v) is 7.03. The first-order chi connectivity index (χ1) is 13.2. The lowest BCUT2D eigenvalue weighted by atomic mass is 9.89. The Morgan fingerprint density at radius 3 is 2.85 bits per heavy atom. The number of hydrogen-bond donors (Lipinski definition) is 1. The third-order valence-electron chi connectivity index (χ3n) is 4.75. The van der Waals surface area contributed by atoms with Gasteiger partial charge in [-0.3, -0.25) is 4.79 Å². The number of carbonyl (C=O) groups excluding carboxylic acids is 1. The van der Waals surface area contributed by atoms with Crippen LogP contribution in [0.25, 0.3) is 11.0 Å². The van der Waals surface area contributed by atoms with Crippen molar-refractivity contribution in [3.63, 3.8) is 0 Å². The van der Waals surface area contributed by atoms with Crippen LogP contribution >= 0.6 is 11.6 Å². The SMILES string of the molecule is O=C(NCC1CCCCC1)c1cc(Cl)nnc1On1nnc2ccccc21. The van der Waals surface area contributed by atoms with Crippen molar-refractivity contribution < 1.29 is 9.63 Å². The maximum Gasteiger partial charge on any atom is 0.280 e. The molecule has 2 aromatic heterocycles. The van der Waals surface area contributed by atoms with E-state index in [4.69, 9.17) is 16.4 Å². The highest BCUT2D eigenvalue weighted by molar-refractivity contribution is 6.29. The van der Waals surface area contributed by atoms with Crippen molar-refractivity contribution in [2.45, 2.75) is 32.1 Å². The quantitative estimate of drug-likeness (QED) is 0.724. The normalized spacial score (nSPS) is 15.0. The molecular weight excluding hydrogens is 368 g/mol. The van der Waals surface area contributed by atoms with E-state index in [0.29, 0.717) is 23.5 Å². The van der Waals surface area contributed by atoms with Crippen molar-refractivity contribution in [2.24, 2.45) is 5.92 Å². The van der Waals surface area contributed by atoms with Crippen LogP contribution in [0.3, 0.4) is 0 Å². The van der Waals surface area contributed by atoms with E-state index in [1.807, 2.05) is 24.3 Å². The maximum absolute atomic E-state index is 12.7. The Hall–Kier alpha value is -2.74. The molecule has 2 heterocycles. The van der Waals surface area contributed by atoms with Crippen LogP contribution in [0.2, 0.25) is 5.15 Å². The Bertz CT molecular complexity index is 954. The minimum atomic E-state index is -0.295. The molecule has 0 atom stereocenters. The van der Waals surface area contributed by atoms with Gasteiger partial charge in [0.1, 0.15) is 16.6 Å². The number of halogens is 1. The molecule has 0 unspecified atom stereocenters. The van der Waals surface area contributed by atoms with E-state index in [2.05, 4.69) is 25.8 Å². The van der Waals surface area contributed by atoms with Gasteiger partial charge in [-0.2, -0.15) is 0 Å². The van der Waals surface area contributed by atoms with Gasteiger partial charge >= 0.3 is 0 Å². The molecular formula is C18H19ClN6O2. The zero-order valence-electron chi connectivity index (χ0n) is 14.6. The highest BCUT2D eigenvalue weighted by atomic mass is 35.5. The highest BCUT2D eigenvalue weighted by Crippen LogP contribution is 2.24. The van der Waals surface area contributed by atoms with Gasteiger partial charge in [0.25, 0.3) is 11.8 Å². The molecule has 1 saturated carbocycles. The monoisotopic (exact) mass is 386 g/mol. The van der Waals surface area contributed by atoms with Gasteiger partial charge in [-0.25, -0.2) is 0 Å². The van der Waals surface area contributed by atoms with E-state index in [-0.39, 0.29) is 22.5 Å². The Balaban J connectivity index is 1.53. The van der Waals surface area contributed by atoms with Gasteiger partial charge in [0, 0.05) is 6.54 Å². The first-order valence-corrected chi connectivity index (χ1v) is 9.39. The third-order valence-corrected chi connectivity index (χ3v) is 4.93. The van der Waals surface area contributed by atoms with Crippen molar-refractivity contribution >= 4 is 28.5 Å². The van der Waals surface area contributed by atoms with Gasteiger partial charge < -0.3 is 10.2 Å². The van der Waals surface area contributed by atoms with Crippen LogP contribution in [0.4, 0.5) is 0 Å². The average Bonchev–Trinajstić information content (AvgIpc) is 3.11. The zero-order valence-corrected chi connectivity index (χ0v) is 15.4. The molecule has 27 heavy (non-hydrogen) atoms. The van der Waals surface area contributed by atoms with Crippen LogP contribution in [0.15, 0.2) is 30.3 Å².